The van der Waals surface area contributed by atoms with Gasteiger partial charge >= 0.3 is 0 Å². The quantitative estimate of drug-likeness (QED) is 0.267. The summed E-state index contributed by atoms with van der Waals surface area (Å²) in [6, 6.07) is 16.7. The maximum absolute atomic E-state index is 12.8. The van der Waals surface area contributed by atoms with E-state index in [0.29, 0.717) is 56.8 Å². The topological polar surface area (TPSA) is 130 Å². The summed E-state index contributed by atoms with van der Waals surface area (Å²) in [5.41, 5.74) is 10.9. The number of pyridine rings is 1. The van der Waals surface area contributed by atoms with Gasteiger partial charge in [0.25, 0.3) is 11.8 Å². The average Bonchev–Trinajstić information content (AvgIpc) is 2.90. The van der Waals surface area contributed by atoms with Crippen molar-refractivity contribution in [2.24, 2.45) is 5.73 Å². The highest BCUT2D eigenvalue weighted by Gasteiger charge is 2.29. The summed E-state index contributed by atoms with van der Waals surface area (Å²) in [4.78, 5) is 31.3. The van der Waals surface area contributed by atoms with Crippen LogP contribution in [0.1, 0.15) is 40.9 Å². The molecule has 1 fully saturated rings. The first-order valence-electron chi connectivity index (χ1n) is 12.3. The van der Waals surface area contributed by atoms with Crippen LogP contribution in [0, 0.1) is 6.92 Å². The Labute approximate surface area is 210 Å². The van der Waals surface area contributed by atoms with E-state index in [-0.39, 0.29) is 11.9 Å². The van der Waals surface area contributed by atoms with Crippen molar-refractivity contribution >= 4 is 22.7 Å². The van der Waals surface area contributed by atoms with E-state index in [1.54, 1.807) is 29.7 Å². The Balaban J connectivity index is 1.30. The molecule has 0 radical (unpaired) electrons. The van der Waals surface area contributed by atoms with Gasteiger partial charge < -0.3 is 15.8 Å². The molecular formula is C27H33N5O4. The number of rotatable bonds is 9. The largest absolute Gasteiger partial charge is 0.489 e. The molecule has 0 aliphatic carbocycles. The number of aryl methyl sites for hydroxylation is 1. The summed E-state index contributed by atoms with van der Waals surface area (Å²) in [5, 5.41) is 13.1. The van der Waals surface area contributed by atoms with Gasteiger partial charge in [0, 0.05) is 41.3 Å². The fraction of sp³-hybridized carbons (Fsp3) is 0.370. The molecule has 1 aliphatic heterocycles. The highest BCUT2D eigenvalue weighted by molar-refractivity contribution is 5.94. The summed E-state index contributed by atoms with van der Waals surface area (Å²) < 4.78 is 6.00. The van der Waals surface area contributed by atoms with Crippen molar-refractivity contribution < 1.29 is 19.5 Å². The molecule has 0 saturated carbocycles. The van der Waals surface area contributed by atoms with E-state index >= 15 is 0 Å². The molecule has 1 atom stereocenters. The number of benzene rings is 2. The first-order valence-corrected chi connectivity index (χ1v) is 12.3. The standard InChI is InChI=1S/C27H33N5O4/c1-18-16-20(23-4-2-3-5-24(23)29-18)17-36-22-8-6-19(7-9-22)26(33)30-21-11-14-32(15-12-21)25(10-13-28)27(34)31-35/h2-9,16,21,25,35H,10-15,17,28H2,1H3,(H,30,33)(H,31,34). The van der Waals surface area contributed by atoms with Gasteiger partial charge in [0.1, 0.15) is 12.4 Å². The number of likely N-dealkylation sites (tertiary alicyclic amines) is 1. The van der Waals surface area contributed by atoms with E-state index in [0.717, 1.165) is 22.2 Å². The molecule has 1 aromatic heterocycles. The van der Waals surface area contributed by atoms with Crippen molar-refractivity contribution in [1.29, 1.82) is 0 Å². The van der Waals surface area contributed by atoms with E-state index in [2.05, 4.69) is 10.3 Å². The van der Waals surface area contributed by atoms with E-state index in [1.807, 2.05) is 42.2 Å². The van der Waals surface area contributed by atoms with Crippen molar-refractivity contribution in [2.75, 3.05) is 19.6 Å². The summed E-state index contributed by atoms with van der Waals surface area (Å²) in [6.07, 6.45) is 1.90. The molecule has 1 unspecified atom stereocenters. The highest BCUT2D eigenvalue weighted by atomic mass is 16.5. The van der Waals surface area contributed by atoms with Crippen LogP contribution in [0.3, 0.4) is 0 Å². The highest BCUT2D eigenvalue weighted by Crippen LogP contribution is 2.21. The minimum Gasteiger partial charge on any atom is -0.489 e. The Morgan fingerprint density at radius 1 is 1.17 bits per heavy atom. The third kappa shape index (κ3) is 6.17. The van der Waals surface area contributed by atoms with E-state index < -0.39 is 11.9 Å². The van der Waals surface area contributed by atoms with E-state index in [1.165, 1.54) is 0 Å². The Bertz CT molecular complexity index is 1190. The number of ether oxygens (including phenoxy) is 1. The average molecular weight is 492 g/mol. The second-order valence-corrected chi connectivity index (χ2v) is 9.11. The number of nitrogens with one attached hydrogen (secondary N) is 2. The predicted molar refractivity (Wildman–Crippen MR) is 137 cm³/mol. The number of carbonyl (C=O) groups is 2. The molecule has 9 nitrogen and oxygen atoms in total. The molecule has 5 N–H and O–H groups in total. The Morgan fingerprint density at radius 3 is 2.58 bits per heavy atom. The lowest BCUT2D eigenvalue weighted by molar-refractivity contribution is -0.135. The Hall–Kier alpha value is -3.53. The van der Waals surface area contributed by atoms with Crippen LogP contribution in [0.4, 0.5) is 0 Å². The summed E-state index contributed by atoms with van der Waals surface area (Å²) in [7, 11) is 0. The van der Waals surface area contributed by atoms with Crippen LogP contribution in [-0.2, 0) is 11.4 Å². The molecule has 3 aromatic rings. The summed E-state index contributed by atoms with van der Waals surface area (Å²) >= 11 is 0. The van der Waals surface area contributed by atoms with Gasteiger partial charge in [-0.3, -0.25) is 24.7 Å². The zero-order valence-corrected chi connectivity index (χ0v) is 20.4. The van der Waals surface area contributed by atoms with Crippen molar-refractivity contribution in [2.45, 2.75) is 44.9 Å². The molecule has 0 bridgehead atoms. The lowest BCUT2D eigenvalue weighted by Gasteiger charge is -2.36. The van der Waals surface area contributed by atoms with Crippen LogP contribution >= 0.6 is 0 Å². The monoisotopic (exact) mass is 491 g/mol. The molecule has 0 spiro atoms. The SMILES string of the molecule is Cc1cc(COc2ccc(C(=O)NC3CCN(C(CCN)C(=O)NO)CC3)cc2)c2ccccc2n1. The molecule has 9 heteroatoms. The van der Waals surface area contributed by atoms with Crippen LogP contribution in [0.15, 0.2) is 54.6 Å². The van der Waals surface area contributed by atoms with Gasteiger partial charge in [0.05, 0.1) is 11.6 Å². The normalized spacial score (nSPS) is 15.4. The molecule has 2 aromatic carbocycles. The number of para-hydroxylation sites is 1. The summed E-state index contributed by atoms with van der Waals surface area (Å²) in [5.74, 6) is 0.103. The number of hydrogen-bond donors (Lipinski definition) is 4. The van der Waals surface area contributed by atoms with Crippen LogP contribution in [-0.4, -0.2) is 58.6 Å². The molecule has 4 rings (SSSR count). The fourth-order valence-electron chi connectivity index (χ4n) is 4.71. The smallest absolute Gasteiger partial charge is 0.260 e. The van der Waals surface area contributed by atoms with Crippen molar-refractivity contribution in [1.82, 2.24) is 20.7 Å². The molecule has 2 amide bonds. The second kappa shape index (κ2) is 11.9. The number of hydroxylamine groups is 1. The lowest BCUT2D eigenvalue weighted by Crippen LogP contribution is -2.53. The molecule has 1 aliphatic rings. The maximum atomic E-state index is 12.8. The van der Waals surface area contributed by atoms with Crippen molar-refractivity contribution in [3.05, 3.63) is 71.4 Å². The zero-order chi connectivity index (χ0) is 25.5. The number of piperidine rings is 1. The first-order chi connectivity index (χ1) is 17.5. The number of nitrogens with two attached hydrogens (primary N) is 1. The molecular weight excluding hydrogens is 458 g/mol. The third-order valence-corrected chi connectivity index (χ3v) is 6.60. The number of amides is 2. The van der Waals surface area contributed by atoms with Gasteiger partial charge in [-0.15, -0.1) is 0 Å². The van der Waals surface area contributed by atoms with Gasteiger partial charge in [-0.05, 0) is 69.1 Å². The van der Waals surface area contributed by atoms with Gasteiger partial charge in [0.15, 0.2) is 0 Å². The van der Waals surface area contributed by atoms with E-state index in [4.69, 9.17) is 15.7 Å². The number of nitrogens with zero attached hydrogens (tertiary/aromatic N) is 2. The summed E-state index contributed by atoms with van der Waals surface area (Å²) in [6.45, 7) is 4.01. The third-order valence-electron chi connectivity index (χ3n) is 6.60. The molecule has 36 heavy (non-hydrogen) atoms. The Kier molecular flexibility index (Phi) is 8.48. The second-order valence-electron chi connectivity index (χ2n) is 9.11. The number of aromatic nitrogens is 1. The Morgan fingerprint density at radius 2 is 1.89 bits per heavy atom. The zero-order valence-electron chi connectivity index (χ0n) is 20.4. The number of fused-ring (bicyclic) bond motifs is 1. The molecule has 2 heterocycles. The van der Waals surface area contributed by atoms with Crippen LogP contribution in [0.25, 0.3) is 10.9 Å². The van der Waals surface area contributed by atoms with Gasteiger partial charge in [0.2, 0.25) is 0 Å². The maximum Gasteiger partial charge on any atom is 0.260 e. The lowest BCUT2D eigenvalue weighted by atomic mass is 10.0. The number of carbonyl (C=O) groups excluding carboxylic acids is 2. The van der Waals surface area contributed by atoms with Crippen LogP contribution in [0.5, 0.6) is 5.75 Å². The van der Waals surface area contributed by atoms with Crippen LogP contribution in [0.2, 0.25) is 0 Å². The van der Waals surface area contributed by atoms with Crippen LogP contribution < -0.4 is 21.3 Å². The molecule has 190 valence electrons. The number of hydrogen-bond acceptors (Lipinski definition) is 7. The predicted octanol–water partition coefficient (Wildman–Crippen LogP) is 2.54. The van der Waals surface area contributed by atoms with Crippen molar-refractivity contribution in [3.63, 3.8) is 0 Å². The first kappa shape index (κ1) is 25.6. The fourth-order valence-corrected chi connectivity index (χ4v) is 4.71. The van der Waals surface area contributed by atoms with Gasteiger partial charge in [-0.2, -0.15) is 0 Å². The molecule has 1 saturated heterocycles. The minimum atomic E-state index is -0.460. The minimum absolute atomic E-state index is 0.0172. The van der Waals surface area contributed by atoms with Gasteiger partial charge in [-0.25, -0.2) is 5.48 Å². The van der Waals surface area contributed by atoms with Crippen molar-refractivity contribution in [3.8, 4) is 5.75 Å². The van der Waals surface area contributed by atoms with Gasteiger partial charge in [-0.1, -0.05) is 18.2 Å². The van der Waals surface area contributed by atoms with E-state index in [9.17, 15) is 9.59 Å².